The Bertz CT molecular complexity index is 1800. The van der Waals surface area contributed by atoms with Gasteiger partial charge in [0, 0.05) is 22.3 Å². The summed E-state index contributed by atoms with van der Waals surface area (Å²) in [5, 5.41) is 19.5. The number of allylic oxidation sites excluding steroid dienone is 2. The van der Waals surface area contributed by atoms with E-state index in [0.717, 1.165) is 33.0 Å². The fraction of sp³-hybridized carbons (Fsp3) is 0. The third kappa shape index (κ3) is 5.22. The van der Waals surface area contributed by atoms with Gasteiger partial charge in [-0.2, -0.15) is 0 Å². The Morgan fingerprint density at radius 3 is 1.50 bits per heavy atom. The Hall–Kier alpha value is -5.55. The summed E-state index contributed by atoms with van der Waals surface area (Å²) in [4.78, 5) is 14.6. The molecule has 1 aromatic heterocycles. The topological polar surface area (TPSA) is 86.4 Å². The van der Waals surface area contributed by atoms with Gasteiger partial charge in [0.05, 0.1) is 11.4 Å². The van der Waals surface area contributed by atoms with Gasteiger partial charge in [0.2, 0.25) is 0 Å². The van der Waals surface area contributed by atoms with Crippen LogP contribution in [0.15, 0.2) is 140 Å². The number of nitrogens with zero attached hydrogens (tertiary/aromatic N) is 3. The second-order valence-electron chi connectivity index (χ2n) is 9.31. The molecule has 0 saturated carbocycles. The molecule has 5 nitrogen and oxygen atoms in total. The molecule has 0 aliphatic carbocycles. The van der Waals surface area contributed by atoms with Crippen molar-refractivity contribution in [2.24, 2.45) is 0 Å². The lowest BCUT2D eigenvalue weighted by molar-refractivity contribution is 1.07. The van der Waals surface area contributed by atoms with Crippen LogP contribution in [-0.2, 0) is 0 Å². The Labute approximate surface area is 232 Å². The van der Waals surface area contributed by atoms with Crippen LogP contribution in [0.2, 0.25) is 0 Å². The van der Waals surface area contributed by atoms with Crippen LogP contribution < -0.4 is 0 Å². The predicted octanol–water partition coefficient (Wildman–Crippen LogP) is 8.02. The summed E-state index contributed by atoms with van der Waals surface area (Å²) in [7, 11) is 0. The summed E-state index contributed by atoms with van der Waals surface area (Å²) in [6, 6.07) is 41.3. The van der Waals surface area contributed by atoms with Gasteiger partial charge >= 0.3 is 0 Å². The summed E-state index contributed by atoms with van der Waals surface area (Å²) in [6.45, 7) is 0. The number of fused-ring (bicyclic) bond motifs is 1. The van der Waals surface area contributed by atoms with E-state index in [4.69, 9.17) is 25.8 Å². The highest BCUT2D eigenvalue weighted by atomic mass is 15.0. The molecule has 0 radical (unpaired) electrons. The average Bonchev–Trinajstić information content (AvgIpc) is 3.04. The summed E-state index contributed by atoms with van der Waals surface area (Å²) in [5.74, 6) is 1.62. The highest BCUT2D eigenvalue weighted by molar-refractivity contribution is 6.17. The summed E-state index contributed by atoms with van der Waals surface area (Å²) < 4.78 is 0. The van der Waals surface area contributed by atoms with E-state index in [1.54, 1.807) is 12.2 Å². The van der Waals surface area contributed by atoms with Crippen LogP contribution in [0.1, 0.15) is 11.1 Å². The van der Waals surface area contributed by atoms with E-state index in [0.29, 0.717) is 28.7 Å². The fourth-order valence-corrected chi connectivity index (χ4v) is 4.55. The molecular formula is C35H25N5. The van der Waals surface area contributed by atoms with E-state index < -0.39 is 0 Å². The van der Waals surface area contributed by atoms with Gasteiger partial charge in [-0.25, -0.2) is 15.0 Å². The van der Waals surface area contributed by atoms with Crippen LogP contribution >= 0.6 is 0 Å². The van der Waals surface area contributed by atoms with E-state index in [1.165, 1.54) is 0 Å². The molecule has 40 heavy (non-hydrogen) atoms. The van der Waals surface area contributed by atoms with Gasteiger partial charge in [-0.15, -0.1) is 0 Å². The third-order valence-electron chi connectivity index (χ3n) is 6.62. The normalized spacial score (nSPS) is 11.1. The van der Waals surface area contributed by atoms with Gasteiger partial charge < -0.3 is 10.8 Å². The summed E-state index contributed by atoms with van der Waals surface area (Å²) in [6.07, 6.45) is 3.33. The lowest BCUT2D eigenvalue weighted by Gasteiger charge is -2.13. The molecule has 0 amide bonds. The maximum Gasteiger partial charge on any atom is 0.164 e. The number of aromatic nitrogens is 3. The average molecular weight is 516 g/mol. The Morgan fingerprint density at radius 2 is 0.925 bits per heavy atom. The van der Waals surface area contributed by atoms with Gasteiger partial charge in [-0.05, 0) is 40.6 Å². The minimum atomic E-state index is 0.268. The highest BCUT2D eigenvalue weighted by Gasteiger charge is 2.17. The van der Waals surface area contributed by atoms with Gasteiger partial charge in [-0.3, -0.25) is 0 Å². The molecule has 2 N–H and O–H groups in total. The molecule has 0 unspecified atom stereocenters. The lowest BCUT2D eigenvalue weighted by atomic mass is 9.96. The van der Waals surface area contributed by atoms with Crippen LogP contribution in [-0.4, -0.2) is 26.4 Å². The number of nitrogens with one attached hydrogen (secondary N) is 2. The number of hydrogen-bond donors (Lipinski definition) is 2. The first-order valence-corrected chi connectivity index (χ1v) is 13.0. The van der Waals surface area contributed by atoms with E-state index in [-0.39, 0.29) is 5.71 Å². The number of rotatable bonds is 7. The molecule has 0 fully saturated rings. The first-order valence-electron chi connectivity index (χ1n) is 13.0. The molecule has 0 bridgehead atoms. The van der Waals surface area contributed by atoms with E-state index >= 15 is 0 Å². The van der Waals surface area contributed by atoms with Crippen molar-refractivity contribution in [3.8, 4) is 34.2 Å². The molecule has 6 rings (SSSR count). The minimum absolute atomic E-state index is 0.268. The molecule has 1 heterocycles. The first-order chi connectivity index (χ1) is 19.7. The van der Waals surface area contributed by atoms with Crippen molar-refractivity contribution in [1.82, 2.24) is 15.0 Å². The first kappa shape index (κ1) is 24.8. The zero-order valence-corrected chi connectivity index (χ0v) is 21.6. The molecular weight excluding hydrogens is 490 g/mol. The van der Waals surface area contributed by atoms with Crippen molar-refractivity contribution in [3.05, 3.63) is 151 Å². The fourth-order valence-electron chi connectivity index (χ4n) is 4.55. The molecule has 0 aliphatic heterocycles. The van der Waals surface area contributed by atoms with Gasteiger partial charge in [0.1, 0.15) is 0 Å². The van der Waals surface area contributed by atoms with E-state index in [9.17, 15) is 0 Å². The van der Waals surface area contributed by atoms with Crippen LogP contribution in [0, 0.1) is 10.8 Å². The van der Waals surface area contributed by atoms with Gasteiger partial charge in [0.15, 0.2) is 17.5 Å². The molecule has 0 atom stereocenters. The molecule has 5 heteroatoms. The highest BCUT2D eigenvalue weighted by Crippen LogP contribution is 2.30. The quantitative estimate of drug-likeness (QED) is 0.211. The number of hydrogen-bond acceptors (Lipinski definition) is 5. The van der Waals surface area contributed by atoms with Crippen molar-refractivity contribution in [1.29, 1.82) is 10.8 Å². The second-order valence-corrected chi connectivity index (χ2v) is 9.31. The molecule has 5 aromatic carbocycles. The molecule has 0 aliphatic rings. The summed E-state index contributed by atoms with van der Waals surface area (Å²) >= 11 is 0. The van der Waals surface area contributed by atoms with Crippen LogP contribution in [0.3, 0.4) is 0 Å². The maximum absolute atomic E-state index is 9.03. The van der Waals surface area contributed by atoms with Crippen molar-refractivity contribution in [2.75, 3.05) is 0 Å². The van der Waals surface area contributed by atoms with Crippen LogP contribution in [0.4, 0.5) is 0 Å². The van der Waals surface area contributed by atoms with Crippen molar-refractivity contribution < 1.29 is 0 Å². The van der Waals surface area contributed by atoms with Crippen molar-refractivity contribution in [2.45, 2.75) is 0 Å². The van der Waals surface area contributed by atoms with Crippen molar-refractivity contribution in [3.63, 3.8) is 0 Å². The molecule has 6 aromatic rings. The number of benzene rings is 5. The second kappa shape index (κ2) is 11.1. The smallest absolute Gasteiger partial charge is 0.164 e. The largest absolute Gasteiger partial charge is 0.300 e. The lowest BCUT2D eigenvalue weighted by Crippen LogP contribution is -2.05. The van der Waals surface area contributed by atoms with Gasteiger partial charge in [0.25, 0.3) is 0 Å². The SMILES string of the molecule is N=C(/C=C\C(=N)c1cc2ccccc2cc1-c1nc(-c2ccccc2)nc(-c2ccccc2)n1)c1ccccc1. The Kier molecular flexibility index (Phi) is 6.84. The minimum Gasteiger partial charge on any atom is -0.300 e. The monoisotopic (exact) mass is 515 g/mol. The standard InChI is InChI=1S/C35H25N5/c36-31(24-12-4-1-5-13-24)20-21-32(37)29-22-27-18-10-11-19-28(27)23-30(29)35-39-33(25-14-6-2-7-15-25)38-34(40-35)26-16-8-3-9-17-26/h1-23,36-37H/b21-20-,36-31?,37-32?. The van der Waals surface area contributed by atoms with Gasteiger partial charge in [-0.1, -0.05) is 115 Å². The zero-order chi connectivity index (χ0) is 27.3. The Balaban J connectivity index is 1.51. The van der Waals surface area contributed by atoms with Crippen LogP contribution in [0.25, 0.3) is 44.9 Å². The molecule has 0 spiro atoms. The zero-order valence-electron chi connectivity index (χ0n) is 21.6. The van der Waals surface area contributed by atoms with E-state index in [1.807, 2.05) is 127 Å². The molecule has 190 valence electrons. The Morgan fingerprint density at radius 1 is 0.475 bits per heavy atom. The maximum atomic E-state index is 9.03. The molecule has 0 saturated heterocycles. The van der Waals surface area contributed by atoms with E-state index in [2.05, 4.69) is 0 Å². The van der Waals surface area contributed by atoms with Crippen LogP contribution in [0.5, 0.6) is 0 Å². The van der Waals surface area contributed by atoms with Crippen molar-refractivity contribution >= 4 is 22.2 Å². The third-order valence-corrected chi connectivity index (χ3v) is 6.62. The predicted molar refractivity (Wildman–Crippen MR) is 163 cm³/mol. The summed E-state index contributed by atoms with van der Waals surface area (Å²) in [5.41, 5.74) is 4.59.